The Morgan fingerprint density at radius 1 is 1.20 bits per heavy atom. The van der Waals surface area contributed by atoms with Crippen LogP contribution >= 0.6 is 11.8 Å². The van der Waals surface area contributed by atoms with E-state index in [1.54, 1.807) is 23.9 Å². The lowest BCUT2D eigenvalue weighted by molar-refractivity contribution is 0.344. The van der Waals surface area contributed by atoms with E-state index in [1.165, 1.54) is 10.5 Å². The summed E-state index contributed by atoms with van der Waals surface area (Å²) in [4.78, 5) is 1.26. The molecule has 0 amide bonds. The second-order valence-corrected chi connectivity index (χ2v) is 5.62. The van der Waals surface area contributed by atoms with Crippen LogP contribution in [0.3, 0.4) is 0 Å². The monoisotopic (exact) mass is 286 g/mol. The zero-order valence-corrected chi connectivity index (χ0v) is 12.2. The summed E-state index contributed by atoms with van der Waals surface area (Å²) in [5.74, 6) is 1.78. The summed E-state index contributed by atoms with van der Waals surface area (Å²) >= 11 is 1.78. The molecule has 0 heterocycles. The number of nitrogens with one attached hydrogen (secondary N) is 1. The summed E-state index contributed by atoms with van der Waals surface area (Å²) in [6.07, 6.45) is 0. The molecule has 3 N–H and O–H groups in total. The number of hydrogen-bond acceptors (Lipinski definition) is 3. The summed E-state index contributed by atoms with van der Waals surface area (Å²) in [5.41, 5.74) is 7.39. The molecule has 4 heteroatoms. The minimum absolute atomic E-state index is 0.0755. The number of thioether (sulfide) groups is 1. The van der Waals surface area contributed by atoms with Crippen molar-refractivity contribution in [3.8, 4) is 5.75 Å². The summed E-state index contributed by atoms with van der Waals surface area (Å²) in [6.45, 7) is 2.75. The maximum Gasteiger partial charge on any atom is 0.122 e. The fourth-order valence-corrected chi connectivity index (χ4v) is 2.60. The molecule has 0 aliphatic carbocycles. The Bertz CT molecular complexity index is 581. The summed E-state index contributed by atoms with van der Waals surface area (Å²) < 4.78 is 5.66. The van der Waals surface area contributed by atoms with Gasteiger partial charge in [-0.3, -0.25) is 5.41 Å². The molecule has 0 saturated heterocycles. The maximum atomic E-state index is 7.32. The highest BCUT2D eigenvalue weighted by molar-refractivity contribution is 7.99. The number of ether oxygens (including phenoxy) is 1. The van der Waals surface area contributed by atoms with Gasteiger partial charge in [-0.2, -0.15) is 0 Å². The van der Waals surface area contributed by atoms with Crippen molar-refractivity contribution in [2.75, 3.05) is 12.4 Å². The van der Waals surface area contributed by atoms with E-state index in [1.807, 2.05) is 12.1 Å². The van der Waals surface area contributed by atoms with Crippen molar-refractivity contribution in [1.82, 2.24) is 0 Å². The van der Waals surface area contributed by atoms with Crippen LogP contribution in [0, 0.1) is 12.3 Å². The van der Waals surface area contributed by atoms with Crippen LogP contribution < -0.4 is 10.5 Å². The summed E-state index contributed by atoms with van der Waals surface area (Å²) in [5, 5.41) is 7.32. The number of nitrogens with two attached hydrogens (primary N) is 1. The van der Waals surface area contributed by atoms with E-state index in [4.69, 9.17) is 15.9 Å². The Morgan fingerprint density at radius 2 is 1.95 bits per heavy atom. The molecule has 0 bridgehead atoms. The van der Waals surface area contributed by atoms with Gasteiger partial charge >= 0.3 is 0 Å². The molecule has 0 saturated carbocycles. The van der Waals surface area contributed by atoms with E-state index in [0.717, 1.165) is 11.5 Å². The number of hydrogen-bond donors (Lipinski definition) is 2. The van der Waals surface area contributed by atoms with Crippen LogP contribution in [0.25, 0.3) is 0 Å². The normalized spacial score (nSPS) is 10.2. The molecule has 2 rings (SSSR count). The Morgan fingerprint density at radius 3 is 2.60 bits per heavy atom. The molecule has 0 fully saturated rings. The van der Waals surface area contributed by atoms with E-state index < -0.39 is 0 Å². The van der Waals surface area contributed by atoms with E-state index >= 15 is 0 Å². The quantitative estimate of drug-likeness (QED) is 0.370. The minimum Gasteiger partial charge on any atom is -0.493 e. The first kappa shape index (κ1) is 14.5. The van der Waals surface area contributed by atoms with Crippen molar-refractivity contribution in [3.63, 3.8) is 0 Å². The fraction of sp³-hybridized carbons (Fsp3) is 0.188. The molecule has 0 unspecified atom stereocenters. The highest BCUT2D eigenvalue weighted by atomic mass is 32.2. The predicted octanol–water partition coefficient (Wildman–Crippen LogP) is 3.45. The van der Waals surface area contributed by atoms with Gasteiger partial charge in [-0.05, 0) is 43.3 Å². The standard InChI is InChI=1S/C16H18N2OS/c1-12-3-2-4-15(11-12)20-10-9-19-14-7-5-13(6-8-14)16(17)18/h2-8,11H,9-10H2,1H3,(H3,17,18). The summed E-state index contributed by atoms with van der Waals surface area (Å²) in [7, 11) is 0. The first-order valence-electron chi connectivity index (χ1n) is 6.42. The van der Waals surface area contributed by atoms with Crippen molar-refractivity contribution < 1.29 is 4.74 Å². The highest BCUT2D eigenvalue weighted by Gasteiger charge is 1.99. The van der Waals surface area contributed by atoms with Crippen molar-refractivity contribution in [3.05, 3.63) is 59.7 Å². The van der Waals surface area contributed by atoms with Gasteiger partial charge in [-0.15, -0.1) is 11.8 Å². The van der Waals surface area contributed by atoms with Crippen molar-refractivity contribution in [2.24, 2.45) is 5.73 Å². The van der Waals surface area contributed by atoms with Gasteiger partial charge in [0.25, 0.3) is 0 Å². The zero-order valence-electron chi connectivity index (χ0n) is 11.4. The molecule has 2 aromatic carbocycles. The smallest absolute Gasteiger partial charge is 0.122 e. The number of benzene rings is 2. The third-order valence-electron chi connectivity index (χ3n) is 2.78. The first-order valence-corrected chi connectivity index (χ1v) is 7.40. The molecular formula is C16H18N2OS. The van der Waals surface area contributed by atoms with Crippen molar-refractivity contribution >= 4 is 17.6 Å². The van der Waals surface area contributed by atoms with Crippen LogP contribution in [0.5, 0.6) is 5.75 Å². The third-order valence-corrected chi connectivity index (χ3v) is 3.73. The third kappa shape index (κ3) is 4.31. The summed E-state index contributed by atoms with van der Waals surface area (Å²) in [6, 6.07) is 15.7. The average Bonchev–Trinajstić information content (AvgIpc) is 2.44. The molecule has 0 aliphatic heterocycles. The first-order chi connectivity index (χ1) is 9.65. The molecule has 104 valence electrons. The minimum atomic E-state index is 0.0755. The van der Waals surface area contributed by atoms with Gasteiger partial charge in [0.2, 0.25) is 0 Å². The van der Waals surface area contributed by atoms with Gasteiger partial charge in [0.05, 0.1) is 6.61 Å². The number of nitrogen functional groups attached to an aromatic ring is 1. The van der Waals surface area contributed by atoms with E-state index in [2.05, 4.69) is 31.2 Å². The number of amidine groups is 1. The van der Waals surface area contributed by atoms with E-state index in [-0.39, 0.29) is 5.84 Å². The van der Waals surface area contributed by atoms with Crippen LogP contribution in [-0.4, -0.2) is 18.2 Å². The average molecular weight is 286 g/mol. The molecule has 0 radical (unpaired) electrons. The van der Waals surface area contributed by atoms with Crippen LogP contribution in [0.2, 0.25) is 0 Å². The van der Waals surface area contributed by atoms with E-state index in [9.17, 15) is 0 Å². The Balaban J connectivity index is 1.77. The van der Waals surface area contributed by atoms with Gasteiger partial charge in [0, 0.05) is 16.2 Å². The Labute approximate surface area is 123 Å². The predicted molar refractivity (Wildman–Crippen MR) is 84.9 cm³/mol. The molecule has 2 aromatic rings. The Hall–Kier alpha value is -1.94. The van der Waals surface area contributed by atoms with Gasteiger partial charge in [-0.25, -0.2) is 0 Å². The fourth-order valence-electron chi connectivity index (χ4n) is 1.75. The van der Waals surface area contributed by atoms with Crippen LogP contribution in [0.1, 0.15) is 11.1 Å². The second kappa shape index (κ2) is 7.01. The van der Waals surface area contributed by atoms with Crippen molar-refractivity contribution in [2.45, 2.75) is 11.8 Å². The number of aryl methyl sites for hydroxylation is 1. The van der Waals surface area contributed by atoms with Crippen LogP contribution in [0.4, 0.5) is 0 Å². The highest BCUT2D eigenvalue weighted by Crippen LogP contribution is 2.19. The van der Waals surface area contributed by atoms with Gasteiger partial charge < -0.3 is 10.5 Å². The Kier molecular flexibility index (Phi) is 5.07. The molecule has 0 aliphatic rings. The van der Waals surface area contributed by atoms with Gasteiger partial charge in [0.15, 0.2) is 0 Å². The van der Waals surface area contributed by atoms with Crippen LogP contribution in [-0.2, 0) is 0 Å². The number of rotatable bonds is 6. The maximum absolute atomic E-state index is 7.32. The van der Waals surface area contributed by atoms with Gasteiger partial charge in [0.1, 0.15) is 11.6 Å². The molecule has 3 nitrogen and oxygen atoms in total. The van der Waals surface area contributed by atoms with Gasteiger partial charge in [-0.1, -0.05) is 17.7 Å². The van der Waals surface area contributed by atoms with E-state index in [0.29, 0.717) is 12.2 Å². The van der Waals surface area contributed by atoms with Crippen molar-refractivity contribution in [1.29, 1.82) is 5.41 Å². The lowest BCUT2D eigenvalue weighted by atomic mass is 10.2. The molecule has 0 aromatic heterocycles. The van der Waals surface area contributed by atoms with Crippen LogP contribution in [0.15, 0.2) is 53.4 Å². The molecule has 20 heavy (non-hydrogen) atoms. The molecule has 0 atom stereocenters. The SMILES string of the molecule is Cc1cccc(SCCOc2ccc(C(=N)N)cc2)c1. The topological polar surface area (TPSA) is 59.1 Å². The second-order valence-electron chi connectivity index (χ2n) is 4.45. The lowest BCUT2D eigenvalue weighted by Gasteiger charge is -2.07. The lowest BCUT2D eigenvalue weighted by Crippen LogP contribution is -2.10. The largest absolute Gasteiger partial charge is 0.493 e. The zero-order chi connectivity index (χ0) is 14.4. The molecule has 0 spiro atoms. The molecular weight excluding hydrogens is 268 g/mol.